The Morgan fingerprint density at radius 1 is 1.33 bits per heavy atom. The molecular weight excluding hydrogens is 230 g/mol. The van der Waals surface area contributed by atoms with Crippen LogP contribution >= 0.6 is 0 Å². The van der Waals surface area contributed by atoms with Gasteiger partial charge in [0.2, 0.25) is 0 Å². The van der Waals surface area contributed by atoms with Crippen LogP contribution in [0, 0.1) is 0 Å². The molecule has 1 unspecified atom stereocenters. The molecule has 18 heavy (non-hydrogen) atoms. The lowest BCUT2D eigenvalue weighted by atomic mass is 9.79. The standard InChI is InChI=1S/C14H27NO3/c1-4-17-11-12(2)18-13(16)10-14(15-3)8-6-5-7-9-14/h12,15H,4-11H2,1-3H3. The summed E-state index contributed by atoms with van der Waals surface area (Å²) in [6, 6.07) is 0. The first kappa shape index (κ1) is 15.4. The minimum absolute atomic E-state index is 0.0410. The van der Waals surface area contributed by atoms with Crippen LogP contribution in [-0.4, -0.2) is 37.9 Å². The maximum atomic E-state index is 11.9. The summed E-state index contributed by atoms with van der Waals surface area (Å²) < 4.78 is 10.6. The normalized spacial score (nSPS) is 20.4. The largest absolute Gasteiger partial charge is 0.460 e. The van der Waals surface area contributed by atoms with Crippen LogP contribution in [0.5, 0.6) is 0 Å². The second-order valence-corrected chi connectivity index (χ2v) is 5.23. The second-order valence-electron chi connectivity index (χ2n) is 5.23. The van der Waals surface area contributed by atoms with Crippen LogP contribution in [0.3, 0.4) is 0 Å². The third-order valence-corrected chi connectivity index (χ3v) is 3.71. The molecule has 0 amide bonds. The first-order chi connectivity index (χ1) is 8.62. The molecule has 0 bridgehead atoms. The third-order valence-electron chi connectivity index (χ3n) is 3.71. The van der Waals surface area contributed by atoms with Crippen molar-refractivity contribution in [3.05, 3.63) is 0 Å². The van der Waals surface area contributed by atoms with Gasteiger partial charge in [-0.05, 0) is 33.7 Å². The van der Waals surface area contributed by atoms with Crippen molar-refractivity contribution in [1.29, 1.82) is 0 Å². The summed E-state index contributed by atoms with van der Waals surface area (Å²) in [6.45, 7) is 4.95. The molecule has 1 aliphatic rings. The molecule has 0 spiro atoms. The molecule has 0 aromatic carbocycles. The van der Waals surface area contributed by atoms with Crippen molar-refractivity contribution in [1.82, 2.24) is 5.32 Å². The summed E-state index contributed by atoms with van der Waals surface area (Å²) in [4.78, 5) is 11.9. The minimum Gasteiger partial charge on any atom is -0.460 e. The Morgan fingerprint density at radius 3 is 2.56 bits per heavy atom. The SMILES string of the molecule is CCOCC(C)OC(=O)CC1(NC)CCCCC1. The van der Waals surface area contributed by atoms with E-state index < -0.39 is 0 Å². The van der Waals surface area contributed by atoms with E-state index in [0.29, 0.717) is 19.6 Å². The first-order valence-corrected chi connectivity index (χ1v) is 7.08. The number of carbonyl (C=O) groups excluding carboxylic acids is 1. The van der Waals surface area contributed by atoms with Crippen LogP contribution in [0.25, 0.3) is 0 Å². The molecule has 0 radical (unpaired) electrons. The molecule has 1 saturated carbocycles. The van der Waals surface area contributed by atoms with Gasteiger partial charge in [0.1, 0.15) is 6.10 Å². The highest BCUT2D eigenvalue weighted by Crippen LogP contribution is 2.31. The van der Waals surface area contributed by atoms with Crippen LogP contribution < -0.4 is 5.32 Å². The predicted octanol–water partition coefficient (Wildman–Crippen LogP) is 2.27. The topological polar surface area (TPSA) is 47.6 Å². The molecule has 1 atom stereocenters. The summed E-state index contributed by atoms with van der Waals surface area (Å²) >= 11 is 0. The van der Waals surface area contributed by atoms with Gasteiger partial charge in [-0.3, -0.25) is 4.79 Å². The maximum Gasteiger partial charge on any atom is 0.308 e. The zero-order valence-corrected chi connectivity index (χ0v) is 12.0. The summed E-state index contributed by atoms with van der Waals surface area (Å²) in [5, 5.41) is 3.33. The van der Waals surface area contributed by atoms with Gasteiger partial charge in [0.25, 0.3) is 0 Å². The smallest absolute Gasteiger partial charge is 0.308 e. The van der Waals surface area contributed by atoms with Gasteiger partial charge in [-0.1, -0.05) is 19.3 Å². The monoisotopic (exact) mass is 257 g/mol. The van der Waals surface area contributed by atoms with Gasteiger partial charge in [0.05, 0.1) is 13.0 Å². The molecule has 106 valence electrons. The Balaban J connectivity index is 2.37. The molecule has 1 N–H and O–H groups in total. The zero-order valence-electron chi connectivity index (χ0n) is 12.0. The van der Waals surface area contributed by atoms with E-state index in [4.69, 9.17) is 9.47 Å². The van der Waals surface area contributed by atoms with E-state index in [1.165, 1.54) is 19.3 Å². The van der Waals surface area contributed by atoms with Crippen molar-refractivity contribution >= 4 is 5.97 Å². The van der Waals surface area contributed by atoms with Crippen LogP contribution in [0.4, 0.5) is 0 Å². The van der Waals surface area contributed by atoms with Crippen LogP contribution in [0.2, 0.25) is 0 Å². The summed E-state index contributed by atoms with van der Waals surface area (Å²) in [5.41, 5.74) is -0.0410. The highest BCUT2D eigenvalue weighted by molar-refractivity contribution is 5.71. The molecule has 0 aromatic heterocycles. The number of hydrogen-bond donors (Lipinski definition) is 1. The Morgan fingerprint density at radius 2 is 2.00 bits per heavy atom. The molecule has 0 aliphatic heterocycles. The van der Waals surface area contributed by atoms with Crippen molar-refractivity contribution in [3.63, 3.8) is 0 Å². The summed E-state index contributed by atoms with van der Waals surface area (Å²) in [6.07, 6.45) is 6.12. The van der Waals surface area contributed by atoms with E-state index in [2.05, 4.69) is 5.32 Å². The van der Waals surface area contributed by atoms with Crippen molar-refractivity contribution < 1.29 is 14.3 Å². The second kappa shape index (κ2) is 7.74. The Labute approximate surface area is 110 Å². The van der Waals surface area contributed by atoms with E-state index in [9.17, 15) is 4.79 Å². The number of ether oxygens (including phenoxy) is 2. The van der Waals surface area contributed by atoms with Crippen molar-refractivity contribution in [3.8, 4) is 0 Å². The highest BCUT2D eigenvalue weighted by atomic mass is 16.6. The number of hydrogen-bond acceptors (Lipinski definition) is 4. The molecule has 1 aliphatic carbocycles. The van der Waals surface area contributed by atoms with E-state index >= 15 is 0 Å². The molecule has 0 aromatic rings. The summed E-state index contributed by atoms with van der Waals surface area (Å²) in [7, 11) is 1.95. The molecule has 1 rings (SSSR count). The quantitative estimate of drug-likeness (QED) is 0.711. The van der Waals surface area contributed by atoms with Crippen LogP contribution in [0.15, 0.2) is 0 Å². The Bertz CT molecular complexity index is 249. The van der Waals surface area contributed by atoms with E-state index in [-0.39, 0.29) is 17.6 Å². The first-order valence-electron chi connectivity index (χ1n) is 7.08. The highest BCUT2D eigenvalue weighted by Gasteiger charge is 2.33. The number of nitrogens with one attached hydrogen (secondary N) is 1. The molecule has 4 nitrogen and oxygen atoms in total. The van der Waals surface area contributed by atoms with Gasteiger partial charge >= 0.3 is 5.97 Å². The van der Waals surface area contributed by atoms with Crippen molar-refractivity contribution in [2.24, 2.45) is 0 Å². The van der Waals surface area contributed by atoms with Gasteiger partial charge in [-0.15, -0.1) is 0 Å². The fraction of sp³-hybridized carbons (Fsp3) is 0.929. The van der Waals surface area contributed by atoms with Gasteiger partial charge in [-0.25, -0.2) is 0 Å². The van der Waals surface area contributed by atoms with Gasteiger partial charge in [-0.2, -0.15) is 0 Å². The van der Waals surface area contributed by atoms with E-state index in [1.54, 1.807) is 0 Å². The number of rotatable bonds is 7. The Kier molecular flexibility index (Phi) is 6.65. The zero-order chi connectivity index (χ0) is 13.4. The average Bonchev–Trinajstić information content (AvgIpc) is 2.37. The van der Waals surface area contributed by atoms with E-state index in [1.807, 2.05) is 20.9 Å². The Hall–Kier alpha value is -0.610. The van der Waals surface area contributed by atoms with Gasteiger partial charge < -0.3 is 14.8 Å². The fourth-order valence-electron chi connectivity index (χ4n) is 2.60. The third kappa shape index (κ3) is 4.94. The maximum absolute atomic E-state index is 11.9. The predicted molar refractivity (Wildman–Crippen MR) is 71.5 cm³/mol. The molecular formula is C14H27NO3. The van der Waals surface area contributed by atoms with Gasteiger partial charge in [0, 0.05) is 12.1 Å². The minimum atomic E-state index is -0.157. The molecule has 1 fully saturated rings. The lowest BCUT2D eigenvalue weighted by Gasteiger charge is -2.36. The lowest BCUT2D eigenvalue weighted by molar-refractivity contribution is -0.153. The summed E-state index contributed by atoms with van der Waals surface area (Å²) in [5.74, 6) is -0.113. The van der Waals surface area contributed by atoms with E-state index in [0.717, 1.165) is 12.8 Å². The molecule has 0 heterocycles. The lowest BCUT2D eigenvalue weighted by Crippen LogP contribution is -2.46. The molecule has 4 heteroatoms. The number of esters is 1. The number of carbonyl (C=O) groups is 1. The fourth-order valence-corrected chi connectivity index (χ4v) is 2.60. The van der Waals surface area contributed by atoms with Crippen molar-refractivity contribution in [2.45, 2.75) is 64.0 Å². The average molecular weight is 257 g/mol. The van der Waals surface area contributed by atoms with Crippen LogP contribution in [-0.2, 0) is 14.3 Å². The van der Waals surface area contributed by atoms with Crippen molar-refractivity contribution in [2.75, 3.05) is 20.3 Å². The van der Waals surface area contributed by atoms with Gasteiger partial charge in [0.15, 0.2) is 0 Å². The molecule has 0 saturated heterocycles. The van der Waals surface area contributed by atoms with Crippen LogP contribution in [0.1, 0.15) is 52.4 Å².